The van der Waals surface area contributed by atoms with Gasteiger partial charge in [-0.2, -0.15) is 0 Å². The Morgan fingerprint density at radius 3 is 3.05 bits per heavy atom. The molecular formula is C14H16BrN3S. The molecule has 3 rings (SSSR count). The lowest BCUT2D eigenvalue weighted by atomic mass is 10.1. The first-order chi connectivity index (χ1) is 9.28. The third kappa shape index (κ3) is 2.73. The van der Waals surface area contributed by atoms with Gasteiger partial charge in [0.15, 0.2) is 5.82 Å². The Labute approximate surface area is 125 Å². The highest BCUT2D eigenvalue weighted by Gasteiger charge is 2.19. The molecule has 1 aliphatic rings. The fourth-order valence-corrected chi connectivity index (χ4v) is 3.93. The number of nitrogens with one attached hydrogen (secondary N) is 1. The van der Waals surface area contributed by atoms with E-state index in [4.69, 9.17) is 4.98 Å². The molecule has 0 saturated carbocycles. The van der Waals surface area contributed by atoms with Gasteiger partial charge in [0.1, 0.15) is 0 Å². The number of aromatic nitrogens is 2. The molecule has 0 saturated heterocycles. The highest BCUT2D eigenvalue weighted by Crippen LogP contribution is 2.31. The van der Waals surface area contributed by atoms with Crippen LogP contribution >= 0.6 is 27.3 Å². The van der Waals surface area contributed by atoms with Crippen molar-refractivity contribution in [1.82, 2.24) is 15.3 Å². The van der Waals surface area contributed by atoms with Crippen LogP contribution in [0, 0.1) is 0 Å². The number of aryl methyl sites for hydroxylation is 1. The Hall–Kier alpha value is -0.780. The van der Waals surface area contributed by atoms with Crippen LogP contribution in [-0.4, -0.2) is 17.0 Å². The molecule has 0 spiro atoms. The number of hydrogen-bond acceptors (Lipinski definition) is 4. The molecule has 5 heteroatoms. The monoisotopic (exact) mass is 337 g/mol. The van der Waals surface area contributed by atoms with E-state index in [0.717, 1.165) is 21.6 Å². The number of rotatable bonds is 2. The Kier molecular flexibility index (Phi) is 3.96. The third-order valence-corrected chi connectivity index (χ3v) is 5.26. The maximum absolute atomic E-state index is 4.79. The summed E-state index contributed by atoms with van der Waals surface area (Å²) in [5.74, 6) is 0.853. The molecule has 0 fully saturated rings. The summed E-state index contributed by atoms with van der Waals surface area (Å²) in [7, 11) is 2.02. The van der Waals surface area contributed by atoms with Gasteiger partial charge in [0, 0.05) is 33.3 Å². The number of halogens is 1. The maximum Gasteiger partial charge on any atom is 0.169 e. The first-order valence-corrected chi connectivity index (χ1v) is 8.22. The van der Waals surface area contributed by atoms with Crippen molar-refractivity contribution in [1.29, 1.82) is 0 Å². The largest absolute Gasteiger partial charge is 0.313 e. The van der Waals surface area contributed by atoms with Crippen LogP contribution in [-0.2, 0) is 6.42 Å². The molecule has 0 bridgehead atoms. The average molecular weight is 338 g/mol. The van der Waals surface area contributed by atoms with Crippen molar-refractivity contribution in [3.8, 4) is 10.7 Å². The zero-order valence-corrected chi connectivity index (χ0v) is 13.2. The fourth-order valence-electron chi connectivity index (χ4n) is 2.56. The Morgan fingerprint density at radius 1 is 1.42 bits per heavy atom. The first kappa shape index (κ1) is 13.2. The van der Waals surface area contributed by atoms with Gasteiger partial charge in [-0.15, -0.1) is 11.3 Å². The van der Waals surface area contributed by atoms with Crippen molar-refractivity contribution in [3.05, 3.63) is 33.4 Å². The van der Waals surface area contributed by atoms with Gasteiger partial charge >= 0.3 is 0 Å². The van der Waals surface area contributed by atoms with Crippen molar-refractivity contribution in [3.63, 3.8) is 0 Å². The van der Waals surface area contributed by atoms with Crippen molar-refractivity contribution in [2.75, 3.05) is 7.05 Å². The van der Waals surface area contributed by atoms with Crippen LogP contribution in [0.2, 0.25) is 0 Å². The van der Waals surface area contributed by atoms with Crippen LogP contribution in [0.25, 0.3) is 10.7 Å². The minimum atomic E-state index is 0.404. The Balaban J connectivity index is 2.01. The van der Waals surface area contributed by atoms with Gasteiger partial charge < -0.3 is 5.32 Å². The zero-order valence-electron chi connectivity index (χ0n) is 10.8. The average Bonchev–Trinajstić information content (AvgIpc) is 2.75. The highest BCUT2D eigenvalue weighted by atomic mass is 79.9. The van der Waals surface area contributed by atoms with Gasteiger partial charge in [0.05, 0.1) is 4.88 Å². The van der Waals surface area contributed by atoms with Crippen molar-refractivity contribution < 1.29 is 0 Å². The number of thiophene rings is 1. The van der Waals surface area contributed by atoms with E-state index in [0.29, 0.717) is 6.04 Å². The summed E-state index contributed by atoms with van der Waals surface area (Å²) in [6.07, 6.45) is 6.72. The highest BCUT2D eigenvalue weighted by molar-refractivity contribution is 9.10. The lowest BCUT2D eigenvalue weighted by Gasteiger charge is -2.15. The minimum absolute atomic E-state index is 0.404. The SMILES string of the molecule is CNC1CCCCc2nc(-c3cc(Br)cs3)ncc21. The topological polar surface area (TPSA) is 37.8 Å². The first-order valence-electron chi connectivity index (χ1n) is 6.55. The molecule has 0 radical (unpaired) electrons. The van der Waals surface area contributed by atoms with E-state index in [9.17, 15) is 0 Å². The van der Waals surface area contributed by atoms with Crippen LogP contribution in [0.3, 0.4) is 0 Å². The summed E-state index contributed by atoms with van der Waals surface area (Å²) in [5, 5.41) is 5.45. The van der Waals surface area contributed by atoms with E-state index in [1.165, 1.54) is 30.5 Å². The number of nitrogens with zero attached hydrogens (tertiary/aromatic N) is 2. The predicted molar refractivity (Wildman–Crippen MR) is 82.4 cm³/mol. The van der Waals surface area contributed by atoms with Gasteiger partial charge in [-0.05, 0) is 48.3 Å². The molecule has 2 aromatic heterocycles. The summed E-state index contributed by atoms with van der Waals surface area (Å²) >= 11 is 5.16. The van der Waals surface area contributed by atoms with Gasteiger partial charge in [0.25, 0.3) is 0 Å². The second kappa shape index (κ2) is 5.69. The minimum Gasteiger partial charge on any atom is -0.313 e. The van der Waals surface area contributed by atoms with E-state index in [1.807, 2.05) is 13.2 Å². The van der Waals surface area contributed by atoms with Crippen molar-refractivity contribution in [2.45, 2.75) is 31.7 Å². The van der Waals surface area contributed by atoms with Crippen molar-refractivity contribution >= 4 is 27.3 Å². The molecule has 1 N–H and O–H groups in total. The molecule has 0 aromatic carbocycles. The van der Waals surface area contributed by atoms with E-state index in [1.54, 1.807) is 11.3 Å². The van der Waals surface area contributed by atoms with Crippen LogP contribution in [0.15, 0.2) is 22.1 Å². The molecule has 1 atom stereocenters. The lowest BCUT2D eigenvalue weighted by molar-refractivity contribution is 0.532. The molecule has 1 unspecified atom stereocenters. The smallest absolute Gasteiger partial charge is 0.169 e. The van der Waals surface area contributed by atoms with E-state index >= 15 is 0 Å². The van der Waals surface area contributed by atoms with E-state index in [2.05, 4.69) is 37.7 Å². The summed E-state index contributed by atoms with van der Waals surface area (Å²) in [4.78, 5) is 10.5. The second-order valence-corrected chi connectivity index (χ2v) is 6.64. The second-order valence-electron chi connectivity index (χ2n) is 4.81. The number of hydrogen-bond donors (Lipinski definition) is 1. The fraction of sp³-hybridized carbons (Fsp3) is 0.429. The lowest BCUT2D eigenvalue weighted by Crippen LogP contribution is -2.17. The normalized spacial score (nSPS) is 18.9. The molecule has 0 amide bonds. The maximum atomic E-state index is 4.79. The summed E-state index contributed by atoms with van der Waals surface area (Å²) in [5.41, 5.74) is 2.49. The van der Waals surface area contributed by atoms with Gasteiger partial charge in [0.2, 0.25) is 0 Å². The molecule has 2 heterocycles. The Bertz CT molecular complexity index is 582. The quantitative estimate of drug-likeness (QED) is 0.843. The molecule has 2 aromatic rings. The molecule has 100 valence electrons. The van der Waals surface area contributed by atoms with Crippen molar-refractivity contribution in [2.24, 2.45) is 0 Å². The Morgan fingerprint density at radius 2 is 2.32 bits per heavy atom. The molecule has 0 aliphatic heterocycles. The molecule has 19 heavy (non-hydrogen) atoms. The third-order valence-electron chi connectivity index (χ3n) is 3.57. The molecule has 3 nitrogen and oxygen atoms in total. The predicted octanol–water partition coefficient (Wildman–Crippen LogP) is 3.95. The van der Waals surface area contributed by atoms with E-state index in [-0.39, 0.29) is 0 Å². The van der Waals surface area contributed by atoms with Crippen LogP contribution in [0.5, 0.6) is 0 Å². The molecule has 1 aliphatic carbocycles. The van der Waals surface area contributed by atoms with Crippen LogP contribution < -0.4 is 5.32 Å². The number of fused-ring (bicyclic) bond motifs is 1. The molecular weight excluding hydrogens is 322 g/mol. The summed E-state index contributed by atoms with van der Waals surface area (Å²) in [6.45, 7) is 0. The van der Waals surface area contributed by atoms with Gasteiger partial charge in [-0.1, -0.05) is 6.42 Å². The van der Waals surface area contributed by atoms with Crippen LogP contribution in [0.4, 0.5) is 0 Å². The standard InChI is InChI=1S/C14H16BrN3S/c1-16-11-4-2-3-5-12-10(11)7-17-14(18-12)13-6-9(15)8-19-13/h6-8,11,16H,2-5H2,1H3. The summed E-state index contributed by atoms with van der Waals surface area (Å²) in [6, 6.07) is 2.49. The van der Waals surface area contributed by atoms with Crippen LogP contribution in [0.1, 0.15) is 36.6 Å². The summed E-state index contributed by atoms with van der Waals surface area (Å²) < 4.78 is 1.10. The van der Waals surface area contributed by atoms with E-state index < -0.39 is 0 Å². The van der Waals surface area contributed by atoms with Gasteiger partial charge in [-0.25, -0.2) is 9.97 Å². The zero-order chi connectivity index (χ0) is 13.2. The van der Waals surface area contributed by atoms with Gasteiger partial charge in [-0.3, -0.25) is 0 Å².